The molecule has 6 N–H and O–H groups in total. The van der Waals surface area contributed by atoms with E-state index < -0.39 is 23.3 Å². The van der Waals surface area contributed by atoms with Crippen LogP contribution in [0.25, 0.3) is 0 Å². The third-order valence-corrected chi connectivity index (χ3v) is 19.1. The van der Waals surface area contributed by atoms with Gasteiger partial charge in [0, 0.05) is 66.5 Å². The Balaban J connectivity index is 1.64. The SMILES string of the molecule is CC1(C)CC(C(C)(OC(OC(C)(C2CC(C)(C)NC(C)(C)C2)C2CC(C)(C)NC(C)(C)C2)OC(C)(C2CC(C)(C)NC(C)(C)C2)C2CC(C)(C)NC(C)(C)C2)C2CC(C)(C)NC(C)(C)C2)CC(C)(C)N1. The van der Waals surface area contributed by atoms with Gasteiger partial charge in [-0.25, -0.2) is 0 Å². The molecule has 9 heteroatoms. The second-order valence-electron chi connectivity index (χ2n) is 34.2. The normalized spacial score (nSPS) is 31.4. The molecule has 0 aliphatic carbocycles. The summed E-state index contributed by atoms with van der Waals surface area (Å²) in [5.74, 6) is 1.51. The van der Waals surface area contributed by atoms with Crippen LogP contribution in [-0.4, -0.2) is 89.7 Å². The topological polar surface area (TPSA) is 99.9 Å². The zero-order valence-electron chi connectivity index (χ0n) is 51.3. The van der Waals surface area contributed by atoms with E-state index in [9.17, 15) is 0 Å². The summed E-state index contributed by atoms with van der Waals surface area (Å²) in [7, 11) is 0. The summed E-state index contributed by atoms with van der Waals surface area (Å²) in [6.45, 7) is 64.6. The van der Waals surface area contributed by atoms with Crippen LogP contribution < -0.4 is 31.9 Å². The summed E-state index contributed by atoms with van der Waals surface area (Å²) in [6, 6.07) is 0. The van der Waals surface area contributed by atoms with Gasteiger partial charge in [-0.05, 0) is 299 Å². The van der Waals surface area contributed by atoms with Crippen molar-refractivity contribution in [2.75, 3.05) is 0 Å². The van der Waals surface area contributed by atoms with Crippen molar-refractivity contribution in [3.8, 4) is 0 Å². The first-order chi connectivity index (χ1) is 30.9. The Bertz CT molecular complexity index is 1430. The van der Waals surface area contributed by atoms with E-state index in [0.29, 0.717) is 0 Å². The zero-order valence-corrected chi connectivity index (χ0v) is 51.3. The highest BCUT2D eigenvalue weighted by Gasteiger charge is 2.61. The predicted octanol–water partition coefficient (Wildman–Crippen LogP) is 12.9. The molecule has 0 aromatic carbocycles. The predicted molar refractivity (Wildman–Crippen MR) is 296 cm³/mol. The van der Waals surface area contributed by atoms with Crippen molar-refractivity contribution >= 4 is 0 Å². The highest BCUT2D eigenvalue weighted by atomic mass is 16.9. The zero-order chi connectivity index (χ0) is 53.4. The van der Waals surface area contributed by atoms with Crippen LogP contribution in [0.5, 0.6) is 0 Å². The molecular formula is C61H118N6O3. The molecule has 9 nitrogen and oxygen atoms in total. The van der Waals surface area contributed by atoms with Crippen LogP contribution in [0.1, 0.15) is 264 Å². The first-order valence-corrected chi connectivity index (χ1v) is 28.7. The Morgan fingerprint density at radius 1 is 0.243 bits per heavy atom. The lowest BCUT2D eigenvalue weighted by Gasteiger charge is -2.61. The van der Waals surface area contributed by atoms with Crippen molar-refractivity contribution in [3.05, 3.63) is 0 Å². The average molecular weight is 984 g/mol. The lowest BCUT2D eigenvalue weighted by atomic mass is 9.60. The summed E-state index contributed by atoms with van der Waals surface area (Å²) >= 11 is 0. The number of hydrogen-bond donors (Lipinski definition) is 6. The second kappa shape index (κ2) is 18.1. The number of ether oxygens (including phenoxy) is 3. The molecular weight excluding hydrogens is 865 g/mol. The van der Waals surface area contributed by atoms with E-state index >= 15 is 0 Å². The van der Waals surface area contributed by atoms with Crippen LogP contribution >= 0.6 is 0 Å². The van der Waals surface area contributed by atoms with E-state index in [-0.39, 0.29) is 102 Å². The molecule has 6 rings (SSSR count). The molecule has 0 amide bonds. The summed E-state index contributed by atoms with van der Waals surface area (Å²) in [6.07, 6.45) is 12.2. The fourth-order valence-electron chi connectivity index (χ4n) is 18.6. The molecule has 410 valence electrons. The molecule has 6 aliphatic rings. The maximum absolute atomic E-state index is 8.50. The fourth-order valence-corrected chi connectivity index (χ4v) is 18.6. The average Bonchev–Trinajstić information content (AvgIpc) is 3.03. The molecule has 0 saturated carbocycles. The molecule has 0 unspecified atom stereocenters. The molecule has 0 radical (unpaired) electrons. The van der Waals surface area contributed by atoms with Crippen molar-refractivity contribution in [3.63, 3.8) is 0 Å². The summed E-state index contributed by atoms with van der Waals surface area (Å²) < 4.78 is 25.5. The standard InChI is InChI=1S/C61H118N6O3/c1-47(2)28-40(29-48(3,4)62-47)59(25,41-30-49(5,6)63-50(7,8)31-41)68-46(69-60(26,42-32-51(9,10)64-52(11,12)33-42)43-34-53(13,14)65-54(15,16)35-43)70-61(27,44-36-55(17,18)66-56(19,20)37-44)45-38-57(21,22)67-58(23,24)39-45/h40-46,62-67H,28-39H2,1-27H3. The summed E-state index contributed by atoms with van der Waals surface area (Å²) in [5, 5.41) is 24.5. The van der Waals surface area contributed by atoms with Gasteiger partial charge in [0.25, 0.3) is 6.48 Å². The van der Waals surface area contributed by atoms with E-state index in [1.54, 1.807) is 0 Å². The van der Waals surface area contributed by atoms with Crippen LogP contribution in [0.3, 0.4) is 0 Å². The van der Waals surface area contributed by atoms with Gasteiger partial charge < -0.3 is 46.1 Å². The van der Waals surface area contributed by atoms with Crippen LogP contribution in [0.4, 0.5) is 0 Å². The number of rotatable bonds is 12. The fraction of sp³-hybridized carbons (Fsp3) is 1.00. The van der Waals surface area contributed by atoms with Crippen molar-refractivity contribution < 1.29 is 14.2 Å². The molecule has 0 spiro atoms. The first-order valence-electron chi connectivity index (χ1n) is 28.7. The minimum atomic E-state index is -0.910. The summed E-state index contributed by atoms with van der Waals surface area (Å²) in [4.78, 5) is 0. The minimum absolute atomic E-state index is 0.0771. The Morgan fingerprint density at radius 3 is 0.443 bits per heavy atom. The Labute approximate surface area is 433 Å². The van der Waals surface area contributed by atoms with E-state index in [1.807, 2.05) is 0 Å². The smallest absolute Gasteiger partial charge is 0.273 e. The van der Waals surface area contributed by atoms with Crippen LogP contribution in [-0.2, 0) is 14.2 Å². The lowest BCUT2D eigenvalue weighted by molar-refractivity contribution is -0.419. The van der Waals surface area contributed by atoms with E-state index in [0.717, 1.165) is 77.0 Å². The van der Waals surface area contributed by atoms with Crippen molar-refractivity contribution in [1.29, 1.82) is 0 Å². The molecule has 6 saturated heterocycles. The van der Waals surface area contributed by atoms with Crippen LogP contribution in [0, 0.1) is 35.5 Å². The maximum Gasteiger partial charge on any atom is 0.273 e. The van der Waals surface area contributed by atoms with Crippen molar-refractivity contribution in [1.82, 2.24) is 31.9 Å². The Hall–Kier alpha value is -0.360. The third kappa shape index (κ3) is 14.0. The highest BCUT2D eigenvalue weighted by molar-refractivity contribution is 5.13. The van der Waals surface area contributed by atoms with E-state index in [2.05, 4.69) is 219 Å². The number of nitrogens with one attached hydrogen (secondary N) is 6. The van der Waals surface area contributed by atoms with Crippen LogP contribution in [0.2, 0.25) is 0 Å². The van der Waals surface area contributed by atoms with Gasteiger partial charge >= 0.3 is 0 Å². The van der Waals surface area contributed by atoms with Gasteiger partial charge in [0.15, 0.2) is 0 Å². The monoisotopic (exact) mass is 983 g/mol. The number of piperidine rings is 6. The molecule has 0 aromatic heterocycles. The largest absolute Gasteiger partial charge is 0.323 e. The number of hydrogen-bond acceptors (Lipinski definition) is 9. The molecule has 70 heavy (non-hydrogen) atoms. The van der Waals surface area contributed by atoms with E-state index in [1.165, 1.54) is 0 Å². The highest BCUT2D eigenvalue weighted by Crippen LogP contribution is 2.56. The summed E-state index contributed by atoms with van der Waals surface area (Å²) in [5.41, 5.74) is -2.68. The van der Waals surface area contributed by atoms with Crippen LogP contribution in [0.15, 0.2) is 0 Å². The van der Waals surface area contributed by atoms with E-state index in [4.69, 9.17) is 14.2 Å². The molecule has 0 atom stereocenters. The third-order valence-electron chi connectivity index (χ3n) is 19.1. The van der Waals surface area contributed by atoms with Gasteiger partial charge in [-0.15, -0.1) is 0 Å². The van der Waals surface area contributed by atoms with Crippen molar-refractivity contribution in [2.45, 2.75) is 354 Å². The van der Waals surface area contributed by atoms with Gasteiger partial charge in [-0.1, -0.05) is 0 Å². The Kier molecular flexibility index (Phi) is 15.2. The Morgan fingerprint density at radius 2 is 0.343 bits per heavy atom. The van der Waals surface area contributed by atoms with Gasteiger partial charge in [-0.3, -0.25) is 0 Å². The van der Waals surface area contributed by atoms with Gasteiger partial charge in [-0.2, -0.15) is 0 Å². The molecule has 6 aliphatic heterocycles. The first kappa shape index (κ1) is 58.9. The molecule has 0 bridgehead atoms. The molecule has 6 fully saturated rings. The van der Waals surface area contributed by atoms with Gasteiger partial charge in [0.2, 0.25) is 0 Å². The van der Waals surface area contributed by atoms with Crippen molar-refractivity contribution in [2.24, 2.45) is 35.5 Å². The quantitative estimate of drug-likeness (QED) is 0.107. The lowest BCUT2D eigenvalue weighted by Crippen LogP contribution is -2.69. The van der Waals surface area contributed by atoms with Gasteiger partial charge in [0.05, 0.1) is 16.8 Å². The maximum atomic E-state index is 8.50. The second-order valence-corrected chi connectivity index (χ2v) is 34.2. The molecule has 0 aromatic rings. The molecule has 6 heterocycles. The minimum Gasteiger partial charge on any atom is -0.323 e. The van der Waals surface area contributed by atoms with Gasteiger partial charge in [0.1, 0.15) is 0 Å².